The van der Waals surface area contributed by atoms with Gasteiger partial charge in [0.1, 0.15) is 0 Å². The van der Waals surface area contributed by atoms with E-state index < -0.39 is 0 Å². The van der Waals surface area contributed by atoms with Crippen molar-refractivity contribution in [1.82, 2.24) is 14.8 Å². The summed E-state index contributed by atoms with van der Waals surface area (Å²) in [4.78, 5) is 4.14. The lowest BCUT2D eigenvalue weighted by Crippen LogP contribution is -2.02. The highest BCUT2D eigenvalue weighted by Gasteiger charge is 2.08. The minimum Gasteiger partial charge on any atom is -0.368 e. The Kier molecular flexibility index (Phi) is 2.83. The Labute approximate surface area is 99.1 Å². The summed E-state index contributed by atoms with van der Waals surface area (Å²) in [5.41, 5.74) is 7.64. The molecule has 2 aromatic rings. The van der Waals surface area contributed by atoms with Crippen LogP contribution in [0.15, 0.2) is 18.2 Å². The standard InChI is InChI=1S/C11H13ClN4/c1-3-10-14-11(13)16(15-10)8-5-4-7(2)9(12)6-8/h4-6H,3H2,1-2H3,(H2,13,14,15). The van der Waals surface area contributed by atoms with Crippen LogP contribution in [0.25, 0.3) is 5.69 Å². The van der Waals surface area contributed by atoms with Gasteiger partial charge in [-0.3, -0.25) is 0 Å². The van der Waals surface area contributed by atoms with Crippen LogP contribution in [0.3, 0.4) is 0 Å². The van der Waals surface area contributed by atoms with Crippen molar-refractivity contribution in [3.63, 3.8) is 0 Å². The Hall–Kier alpha value is -1.55. The molecule has 0 saturated heterocycles. The number of nitrogens with two attached hydrogens (primary N) is 1. The smallest absolute Gasteiger partial charge is 0.223 e. The molecule has 0 aliphatic carbocycles. The fourth-order valence-corrected chi connectivity index (χ4v) is 1.60. The summed E-state index contributed by atoms with van der Waals surface area (Å²) in [6, 6.07) is 5.69. The fourth-order valence-electron chi connectivity index (χ4n) is 1.42. The first-order valence-corrected chi connectivity index (χ1v) is 5.47. The lowest BCUT2D eigenvalue weighted by Gasteiger charge is -2.04. The van der Waals surface area contributed by atoms with Crippen LogP contribution in [0.1, 0.15) is 18.3 Å². The summed E-state index contributed by atoms with van der Waals surface area (Å²) in [5.74, 6) is 1.12. The molecule has 16 heavy (non-hydrogen) atoms. The van der Waals surface area contributed by atoms with Crippen molar-refractivity contribution in [1.29, 1.82) is 0 Å². The molecule has 2 rings (SSSR count). The van der Waals surface area contributed by atoms with Crippen molar-refractivity contribution >= 4 is 17.5 Å². The van der Waals surface area contributed by atoms with E-state index in [-0.39, 0.29) is 0 Å². The van der Waals surface area contributed by atoms with E-state index in [0.29, 0.717) is 11.0 Å². The molecule has 84 valence electrons. The van der Waals surface area contributed by atoms with Gasteiger partial charge in [-0.1, -0.05) is 24.6 Å². The first-order chi connectivity index (χ1) is 7.61. The van der Waals surface area contributed by atoms with Crippen LogP contribution in [0, 0.1) is 6.92 Å². The highest BCUT2D eigenvalue weighted by atomic mass is 35.5. The van der Waals surface area contributed by atoms with Crippen molar-refractivity contribution in [3.8, 4) is 5.69 Å². The number of anilines is 1. The lowest BCUT2D eigenvalue weighted by atomic mass is 10.2. The summed E-state index contributed by atoms with van der Waals surface area (Å²) in [7, 11) is 0. The molecule has 0 spiro atoms. The van der Waals surface area contributed by atoms with Crippen molar-refractivity contribution in [2.45, 2.75) is 20.3 Å². The number of halogens is 1. The van der Waals surface area contributed by atoms with E-state index >= 15 is 0 Å². The summed E-state index contributed by atoms with van der Waals surface area (Å²) < 4.78 is 1.60. The van der Waals surface area contributed by atoms with Gasteiger partial charge in [-0.05, 0) is 24.6 Å². The van der Waals surface area contributed by atoms with E-state index in [4.69, 9.17) is 17.3 Å². The molecule has 0 aliphatic heterocycles. The van der Waals surface area contributed by atoms with E-state index in [1.165, 1.54) is 0 Å². The molecule has 0 atom stereocenters. The molecular weight excluding hydrogens is 224 g/mol. The van der Waals surface area contributed by atoms with Crippen LogP contribution >= 0.6 is 11.6 Å². The average Bonchev–Trinajstić information content (AvgIpc) is 2.64. The zero-order valence-corrected chi connectivity index (χ0v) is 9.99. The minimum atomic E-state index is 0.386. The van der Waals surface area contributed by atoms with Crippen LogP contribution in [0.4, 0.5) is 5.95 Å². The molecular formula is C11H13ClN4. The van der Waals surface area contributed by atoms with Crippen molar-refractivity contribution in [3.05, 3.63) is 34.6 Å². The predicted octanol–water partition coefficient (Wildman–Crippen LogP) is 2.37. The zero-order valence-electron chi connectivity index (χ0n) is 9.24. The lowest BCUT2D eigenvalue weighted by molar-refractivity contribution is 0.845. The molecule has 4 nitrogen and oxygen atoms in total. The third-order valence-electron chi connectivity index (χ3n) is 2.39. The largest absolute Gasteiger partial charge is 0.368 e. The van der Waals surface area contributed by atoms with E-state index in [1.54, 1.807) is 4.68 Å². The van der Waals surface area contributed by atoms with Crippen molar-refractivity contribution < 1.29 is 0 Å². The number of hydrogen-bond donors (Lipinski definition) is 1. The second-order valence-corrected chi connectivity index (χ2v) is 3.99. The molecule has 0 fully saturated rings. The van der Waals surface area contributed by atoms with Gasteiger partial charge < -0.3 is 5.73 Å². The third-order valence-corrected chi connectivity index (χ3v) is 2.80. The van der Waals surface area contributed by atoms with Gasteiger partial charge in [0.15, 0.2) is 5.82 Å². The first-order valence-electron chi connectivity index (χ1n) is 5.09. The summed E-state index contributed by atoms with van der Waals surface area (Å²) >= 11 is 6.05. The van der Waals surface area contributed by atoms with Crippen LogP contribution in [0.2, 0.25) is 5.02 Å². The van der Waals surface area contributed by atoms with Crippen molar-refractivity contribution in [2.75, 3.05) is 5.73 Å². The van der Waals surface area contributed by atoms with E-state index in [9.17, 15) is 0 Å². The van der Waals surface area contributed by atoms with Crippen LogP contribution in [-0.2, 0) is 6.42 Å². The topological polar surface area (TPSA) is 56.7 Å². The van der Waals surface area contributed by atoms with E-state index in [0.717, 1.165) is 23.5 Å². The number of hydrogen-bond acceptors (Lipinski definition) is 3. The van der Waals surface area contributed by atoms with Gasteiger partial charge in [0.25, 0.3) is 0 Å². The summed E-state index contributed by atoms with van der Waals surface area (Å²) in [6.07, 6.45) is 0.761. The molecule has 0 aliphatic rings. The number of aromatic nitrogens is 3. The molecule has 1 aromatic carbocycles. The molecule has 0 amide bonds. The number of rotatable bonds is 2. The van der Waals surface area contributed by atoms with Crippen LogP contribution in [0.5, 0.6) is 0 Å². The number of aryl methyl sites for hydroxylation is 2. The zero-order chi connectivity index (χ0) is 11.7. The second-order valence-electron chi connectivity index (χ2n) is 3.59. The fraction of sp³-hybridized carbons (Fsp3) is 0.273. The molecule has 0 unspecified atom stereocenters. The molecule has 5 heteroatoms. The molecule has 0 saturated carbocycles. The van der Waals surface area contributed by atoms with Gasteiger partial charge in [0.05, 0.1) is 5.69 Å². The normalized spacial score (nSPS) is 10.7. The summed E-state index contributed by atoms with van der Waals surface area (Å²) in [6.45, 7) is 3.94. The Morgan fingerprint density at radius 2 is 2.19 bits per heavy atom. The van der Waals surface area contributed by atoms with Crippen molar-refractivity contribution in [2.24, 2.45) is 0 Å². The average molecular weight is 237 g/mol. The minimum absolute atomic E-state index is 0.386. The van der Waals surface area contributed by atoms with E-state index in [1.807, 2.05) is 32.0 Å². The molecule has 2 N–H and O–H groups in total. The first kappa shape index (κ1) is 11.0. The molecule has 1 heterocycles. The maximum Gasteiger partial charge on any atom is 0.223 e. The Balaban J connectivity index is 2.49. The third kappa shape index (κ3) is 1.88. The maximum atomic E-state index is 6.05. The van der Waals surface area contributed by atoms with Gasteiger partial charge in [-0.15, -0.1) is 5.10 Å². The molecule has 1 aromatic heterocycles. The Morgan fingerprint density at radius 1 is 1.44 bits per heavy atom. The quantitative estimate of drug-likeness (QED) is 0.871. The van der Waals surface area contributed by atoms with Gasteiger partial charge in [0, 0.05) is 11.4 Å². The molecule has 0 bridgehead atoms. The van der Waals surface area contributed by atoms with Gasteiger partial charge in [-0.25, -0.2) is 0 Å². The second kappa shape index (κ2) is 4.14. The molecule has 0 radical (unpaired) electrons. The monoisotopic (exact) mass is 236 g/mol. The highest BCUT2D eigenvalue weighted by molar-refractivity contribution is 6.31. The number of nitrogens with zero attached hydrogens (tertiary/aromatic N) is 3. The predicted molar refractivity (Wildman–Crippen MR) is 64.9 cm³/mol. The van der Waals surface area contributed by atoms with E-state index in [2.05, 4.69) is 10.1 Å². The highest BCUT2D eigenvalue weighted by Crippen LogP contribution is 2.20. The van der Waals surface area contributed by atoms with Crippen LogP contribution < -0.4 is 5.73 Å². The van der Waals surface area contributed by atoms with Crippen LogP contribution in [-0.4, -0.2) is 14.8 Å². The maximum absolute atomic E-state index is 6.05. The Bertz CT molecular complexity index is 519. The number of benzene rings is 1. The number of nitrogen functional groups attached to an aromatic ring is 1. The summed E-state index contributed by atoms with van der Waals surface area (Å²) in [5, 5.41) is 4.99. The van der Waals surface area contributed by atoms with Gasteiger partial charge in [0.2, 0.25) is 5.95 Å². The Morgan fingerprint density at radius 3 is 2.75 bits per heavy atom. The SMILES string of the molecule is CCc1nc(N)n(-c2ccc(C)c(Cl)c2)n1. The van der Waals surface area contributed by atoms with Gasteiger partial charge >= 0.3 is 0 Å². The van der Waals surface area contributed by atoms with Gasteiger partial charge in [-0.2, -0.15) is 9.67 Å².